The summed E-state index contributed by atoms with van der Waals surface area (Å²) < 4.78 is 5.81. The number of halogens is 1. The summed E-state index contributed by atoms with van der Waals surface area (Å²) in [7, 11) is 0. The maximum absolute atomic E-state index is 10.9. The monoisotopic (exact) mass is 332 g/mol. The molecule has 6 heteroatoms. The molecular formula is C17H17ClN2O3. The number of hydroxylamine groups is 2. The van der Waals surface area contributed by atoms with Gasteiger partial charge < -0.3 is 10.5 Å². The number of carbonyl (C=O) groups excluding carboxylic acids is 1. The second-order valence-corrected chi connectivity index (χ2v) is 6.07. The molecule has 2 aromatic carbocycles. The molecule has 0 unspecified atom stereocenters. The molecule has 1 fully saturated rings. The van der Waals surface area contributed by atoms with Crippen molar-refractivity contribution in [1.29, 1.82) is 0 Å². The smallest absolute Gasteiger partial charge is 0.338 e. The molecule has 2 amide bonds. The van der Waals surface area contributed by atoms with Crippen molar-refractivity contribution in [3.63, 3.8) is 0 Å². The molecule has 3 rings (SSSR count). The van der Waals surface area contributed by atoms with E-state index in [-0.39, 0.29) is 12.0 Å². The molecule has 0 radical (unpaired) electrons. The fraction of sp³-hybridized carbons (Fsp3) is 0.235. The summed E-state index contributed by atoms with van der Waals surface area (Å²) in [6.07, 6.45) is 1.37. The number of urea groups is 1. The lowest BCUT2D eigenvalue weighted by Gasteiger charge is -2.39. The predicted octanol–water partition coefficient (Wildman–Crippen LogP) is 4.15. The Labute approximate surface area is 139 Å². The van der Waals surface area contributed by atoms with Gasteiger partial charge in [-0.2, -0.15) is 0 Å². The van der Waals surface area contributed by atoms with Gasteiger partial charge in [0.1, 0.15) is 11.5 Å². The molecule has 0 saturated heterocycles. The summed E-state index contributed by atoms with van der Waals surface area (Å²) >= 11 is 5.86. The molecule has 3 N–H and O–H groups in total. The second kappa shape index (κ2) is 6.48. The van der Waals surface area contributed by atoms with Crippen LogP contribution in [-0.2, 0) is 0 Å². The van der Waals surface area contributed by atoms with Crippen LogP contribution in [0.15, 0.2) is 48.5 Å². The van der Waals surface area contributed by atoms with Crippen molar-refractivity contribution in [2.24, 2.45) is 5.73 Å². The molecule has 0 atom stereocenters. The van der Waals surface area contributed by atoms with Crippen LogP contribution in [0.3, 0.4) is 0 Å². The minimum absolute atomic E-state index is 0.210. The first-order valence-electron chi connectivity index (χ1n) is 7.34. The number of nitrogens with two attached hydrogens (primary N) is 1. The van der Waals surface area contributed by atoms with E-state index in [1.165, 1.54) is 0 Å². The molecule has 5 nitrogen and oxygen atoms in total. The van der Waals surface area contributed by atoms with Crippen LogP contribution in [0, 0.1) is 0 Å². The fourth-order valence-electron chi connectivity index (χ4n) is 2.71. The molecule has 0 aliphatic heterocycles. The Hall–Kier alpha value is -2.24. The number of amides is 2. The first-order chi connectivity index (χ1) is 11.0. The molecule has 0 heterocycles. The Morgan fingerprint density at radius 2 is 1.87 bits per heavy atom. The lowest BCUT2D eigenvalue weighted by atomic mass is 9.75. The van der Waals surface area contributed by atoms with Crippen LogP contribution in [-0.4, -0.2) is 22.3 Å². The zero-order valence-corrected chi connectivity index (χ0v) is 13.1. The molecule has 120 valence electrons. The van der Waals surface area contributed by atoms with Gasteiger partial charge in [-0.05, 0) is 60.7 Å². The van der Waals surface area contributed by atoms with Crippen LogP contribution >= 0.6 is 11.6 Å². The van der Waals surface area contributed by atoms with E-state index in [1.807, 2.05) is 36.4 Å². The van der Waals surface area contributed by atoms with Gasteiger partial charge in [0, 0.05) is 5.02 Å². The van der Waals surface area contributed by atoms with Crippen molar-refractivity contribution in [1.82, 2.24) is 5.06 Å². The number of rotatable bonds is 4. The minimum atomic E-state index is -0.812. The lowest BCUT2D eigenvalue weighted by molar-refractivity contribution is -0.102. The second-order valence-electron chi connectivity index (χ2n) is 5.63. The molecule has 23 heavy (non-hydrogen) atoms. The van der Waals surface area contributed by atoms with Gasteiger partial charge in [0.25, 0.3) is 0 Å². The average Bonchev–Trinajstić information content (AvgIpc) is 2.48. The van der Waals surface area contributed by atoms with E-state index in [2.05, 4.69) is 0 Å². The van der Waals surface area contributed by atoms with Crippen LogP contribution in [0.5, 0.6) is 11.5 Å². The Balaban J connectivity index is 1.65. The van der Waals surface area contributed by atoms with Crippen molar-refractivity contribution >= 4 is 17.6 Å². The van der Waals surface area contributed by atoms with Gasteiger partial charge in [-0.25, -0.2) is 9.86 Å². The Kier molecular flexibility index (Phi) is 4.41. The third-order valence-electron chi connectivity index (χ3n) is 4.06. The highest BCUT2D eigenvalue weighted by molar-refractivity contribution is 6.30. The highest BCUT2D eigenvalue weighted by Crippen LogP contribution is 2.40. The van der Waals surface area contributed by atoms with Gasteiger partial charge in [-0.3, -0.25) is 5.21 Å². The van der Waals surface area contributed by atoms with E-state index >= 15 is 0 Å². The van der Waals surface area contributed by atoms with Gasteiger partial charge in [0.15, 0.2) is 0 Å². The van der Waals surface area contributed by atoms with Gasteiger partial charge in [-0.1, -0.05) is 23.7 Å². The van der Waals surface area contributed by atoms with Crippen molar-refractivity contribution in [2.75, 3.05) is 0 Å². The van der Waals surface area contributed by atoms with Crippen LogP contribution in [0.4, 0.5) is 4.79 Å². The van der Waals surface area contributed by atoms with Gasteiger partial charge in [0.2, 0.25) is 0 Å². The molecule has 1 aliphatic rings. The number of hydrogen-bond acceptors (Lipinski definition) is 3. The third kappa shape index (κ3) is 3.57. The number of ether oxygens (including phenoxy) is 1. The average molecular weight is 333 g/mol. The highest BCUT2D eigenvalue weighted by Gasteiger charge is 2.36. The maximum Gasteiger partial charge on any atom is 0.338 e. The van der Waals surface area contributed by atoms with Gasteiger partial charge in [0.05, 0.1) is 6.04 Å². The highest BCUT2D eigenvalue weighted by atomic mass is 35.5. The quantitative estimate of drug-likeness (QED) is 0.652. The predicted molar refractivity (Wildman–Crippen MR) is 86.9 cm³/mol. The summed E-state index contributed by atoms with van der Waals surface area (Å²) in [6, 6.07) is 14.0. The van der Waals surface area contributed by atoms with Gasteiger partial charge in [-0.15, -0.1) is 0 Å². The number of benzene rings is 2. The zero-order valence-electron chi connectivity index (χ0n) is 12.4. The first kappa shape index (κ1) is 15.6. The number of primary amides is 1. The van der Waals surface area contributed by atoms with Crippen molar-refractivity contribution in [3.05, 3.63) is 59.1 Å². The van der Waals surface area contributed by atoms with Crippen LogP contribution < -0.4 is 10.5 Å². The maximum atomic E-state index is 10.9. The number of hydrogen-bond donors (Lipinski definition) is 2. The summed E-state index contributed by atoms with van der Waals surface area (Å²) in [4.78, 5) is 10.9. The SMILES string of the molecule is NC(=O)N(O)C1CC(c2cccc(Oc3ccc(Cl)cc3)c2)C1. The normalized spacial score (nSPS) is 19.7. The minimum Gasteiger partial charge on any atom is -0.457 e. The van der Waals surface area contributed by atoms with Gasteiger partial charge >= 0.3 is 6.03 Å². The Bertz CT molecular complexity index is 699. The van der Waals surface area contributed by atoms with E-state index in [9.17, 15) is 10.0 Å². The zero-order chi connectivity index (χ0) is 16.4. The molecule has 0 aromatic heterocycles. The molecule has 1 saturated carbocycles. The largest absolute Gasteiger partial charge is 0.457 e. The van der Waals surface area contributed by atoms with E-state index < -0.39 is 6.03 Å². The molecule has 1 aliphatic carbocycles. The number of nitrogens with zero attached hydrogens (tertiary/aromatic N) is 1. The van der Waals surface area contributed by atoms with E-state index in [4.69, 9.17) is 22.1 Å². The Morgan fingerprint density at radius 3 is 2.52 bits per heavy atom. The Morgan fingerprint density at radius 1 is 1.17 bits per heavy atom. The van der Waals surface area contributed by atoms with Crippen molar-refractivity contribution in [2.45, 2.75) is 24.8 Å². The molecule has 0 bridgehead atoms. The van der Waals surface area contributed by atoms with Crippen LogP contribution in [0.2, 0.25) is 5.02 Å². The summed E-state index contributed by atoms with van der Waals surface area (Å²) in [6.45, 7) is 0. The van der Waals surface area contributed by atoms with Crippen molar-refractivity contribution in [3.8, 4) is 11.5 Å². The summed E-state index contributed by atoms with van der Waals surface area (Å²) in [5.74, 6) is 1.74. The standard InChI is InChI=1S/C17H17ClN2O3/c18-13-4-6-15(7-5-13)23-16-3-1-2-11(10-16)12-8-14(9-12)20(22)17(19)21/h1-7,10,12,14,22H,8-9H2,(H2,19,21). The summed E-state index contributed by atoms with van der Waals surface area (Å²) in [5.41, 5.74) is 6.18. The molecule has 0 spiro atoms. The fourth-order valence-corrected chi connectivity index (χ4v) is 2.84. The van der Waals surface area contributed by atoms with E-state index in [0.29, 0.717) is 28.7 Å². The van der Waals surface area contributed by atoms with Crippen LogP contribution in [0.1, 0.15) is 24.3 Å². The number of carbonyl (C=O) groups is 1. The van der Waals surface area contributed by atoms with Crippen LogP contribution in [0.25, 0.3) is 0 Å². The van der Waals surface area contributed by atoms with E-state index in [1.54, 1.807) is 12.1 Å². The van der Waals surface area contributed by atoms with E-state index in [0.717, 1.165) is 11.3 Å². The third-order valence-corrected chi connectivity index (χ3v) is 4.32. The first-order valence-corrected chi connectivity index (χ1v) is 7.71. The topological polar surface area (TPSA) is 75.8 Å². The lowest BCUT2D eigenvalue weighted by Crippen LogP contribution is -2.47. The summed E-state index contributed by atoms with van der Waals surface area (Å²) in [5, 5.41) is 10.8. The molecular weight excluding hydrogens is 316 g/mol. The van der Waals surface area contributed by atoms with Crippen molar-refractivity contribution < 1.29 is 14.7 Å². The molecule has 2 aromatic rings.